The Morgan fingerprint density at radius 2 is 1.90 bits per heavy atom. The first kappa shape index (κ1) is 15.9. The summed E-state index contributed by atoms with van der Waals surface area (Å²) in [5.41, 5.74) is 2.01. The molecule has 0 aliphatic rings. The Kier molecular flexibility index (Phi) is 5.30. The average Bonchev–Trinajstić information content (AvgIpc) is 2.43. The molecule has 2 N–H and O–H groups in total. The lowest BCUT2D eigenvalue weighted by Gasteiger charge is -2.11. The van der Waals surface area contributed by atoms with E-state index in [-0.39, 0.29) is 11.6 Å². The van der Waals surface area contributed by atoms with Gasteiger partial charge >= 0.3 is 0 Å². The maximum Gasteiger partial charge on any atom is 0.276 e. The summed E-state index contributed by atoms with van der Waals surface area (Å²) in [7, 11) is 0. The van der Waals surface area contributed by atoms with Gasteiger partial charge in [0.05, 0.1) is 18.1 Å². The van der Waals surface area contributed by atoms with E-state index >= 15 is 0 Å². The number of aryl methyl sites for hydroxylation is 1. The number of aromatic nitrogens is 2. The molecule has 21 heavy (non-hydrogen) atoms. The van der Waals surface area contributed by atoms with Crippen molar-refractivity contribution in [3.63, 3.8) is 0 Å². The first-order chi connectivity index (χ1) is 10.0. The molecular weight excluding hydrogens is 400 g/mol. The fraction of sp³-hybridized carbons (Fsp3) is 0.214. The Bertz CT molecular complexity index is 653. The lowest BCUT2D eigenvalue weighted by molar-refractivity contribution is 0.102. The molecule has 0 aliphatic carbocycles. The fourth-order valence-electron chi connectivity index (χ4n) is 1.74. The lowest BCUT2D eigenvalue weighted by atomic mass is 10.2. The van der Waals surface area contributed by atoms with Crippen molar-refractivity contribution in [1.82, 2.24) is 9.97 Å². The number of amides is 1. The van der Waals surface area contributed by atoms with E-state index in [4.69, 9.17) is 0 Å². The van der Waals surface area contributed by atoms with Crippen LogP contribution >= 0.6 is 31.9 Å². The number of nitrogens with one attached hydrogen (secondary N) is 2. The number of rotatable bonds is 4. The topological polar surface area (TPSA) is 66.9 Å². The van der Waals surface area contributed by atoms with Gasteiger partial charge in [-0.15, -0.1) is 0 Å². The van der Waals surface area contributed by atoms with Crippen molar-refractivity contribution in [2.75, 3.05) is 17.2 Å². The Balaban J connectivity index is 2.24. The van der Waals surface area contributed by atoms with E-state index in [1.165, 1.54) is 6.20 Å². The van der Waals surface area contributed by atoms with Gasteiger partial charge in [-0.1, -0.05) is 0 Å². The number of anilines is 2. The minimum atomic E-state index is -0.312. The van der Waals surface area contributed by atoms with Crippen LogP contribution in [-0.2, 0) is 0 Å². The molecule has 0 saturated heterocycles. The SMILES string of the molecule is CCNc1cncc(C(=O)Nc2c(Br)cc(C)cc2Br)n1. The molecule has 0 fully saturated rings. The fourth-order valence-corrected chi connectivity index (χ4v) is 3.35. The average molecular weight is 414 g/mol. The molecule has 1 aromatic heterocycles. The van der Waals surface area contributed by atoms with Crippen LogP contribution in [0.5, 0.6) is 0 Å². The number of carbonyl (C=O) groups excluding carboxylic acids is 1. The molecule has 7 heteroatoms. The molecule has 110 valence electrons. The molecule has 0 spiro atoms. The van der Waals surface area contributed by atoms with Gasteiger partial charge in [0.1, 0.15) is 11.5 Å². The highest BCUT2D eigenvalue weighted by atomic mass is 79.9. The normalized spacial score (nSPS) is 10.3. The summed E-state index contributed by atoms with van der Waals surface area (Å²) in [6.07, 6.45) is 3.02. The van der Waals surface area contributed by atoms with E-state index in [2.05, 4.69) is 52.5 Å². The molecule has 1 aromatic carbocycles. The maximum absolute atomic E-state index is 12.3. The van der Waals surface area contributed by atoms with Gasteiger partial charge in [-0.05, 0) is 63.4 Å². The summed E-state index contributed by atoms with van der Waals surface area (Å²) < 4.78 is 1.61. The highest BCUT2D eigenvalue weighted by Gasteiger charge is 2.13. The van der Waals surface area contributed by atoms with Crippen LogP contribution in [0.25, 0.3) is 0 Å². The molecule has 5 nitrogen and oxygen atoms in total. The molecular formula is C14H14Br2N4O. The minimum absolute atomic E-state index is 0.257. The highest BCUT2D eigenvalue weighted by Crippen LogP contribution is 2.32. The number of carbonyl (C=O) groups is 1. The van der Waals surface area contributed by atoms with Crippen molar-refractivity contribution in [1.29, 1.82) is 0 Å². The van der Waals surface area contributed by atoms with Gasteiger partial charge in [0.2, 0.25) is 0 Å². The van der Waals surface area contributed by atoms with Gasteiger partial charge in [-0.3, -0.25) is 9.78 Å². The predicted molar refractivity (Wildman–Crippen MR) is 90.7 cm³/mol. The molecule has 0 atom stereocenters. The lowest BCUT2D eigenvalue weighted by Crippen LogP contribution is -2.16. The second kappa shape index (κ2) is 7.00. The van der Waals surface area contributed by atoms with E-state index < -0.39 is 0 Å². The smallest absolute Gasteiger partial charge is 0.276 e. The number of hydrogen-bond donors (Lipinski definition) is 2. The second-order valence-electron chi connectivity index (χ2n) is 4.38. The van der Waals surface area contributed by atoms with Crippen LogP contribution in [0.3, 0.4) is 0 Å². The van der Waals surface area contributed by atoms with Gasteiger partial charge in [0.15, 0.2) is 0 Å². The molecule has 0 radical (unpaired) electrons. The van der Waals surface area contributed by atoms with Gasteiger partial charge in [0.25, 0.3) is 5.91 Å². The van der Waals surface area contributed by atoms with Crippen molar-refractivity contribution in [3.8, 4) is 0 Å². The van der Waals surface area contributed by atoms with E-state index in [1.807, 2.05) is 26.0 Å². The third-order valence-electron chi connectivity index (χ3n) is 2.65. The summed E-state index contributed by atoms with van der Waals surface area (Å²) >= 11 is 6.89. The van der Waals surface area contributed by atoms with E-state index in [9.17, 15) is 4.79 Å². The number of halogens is 2. The Morgan fingerprint density at radius 1 is 1.24 bits per heavy atom. The zero-order chi connectivity index (χ0) is 15.4. The summed E-state index contributed by atoms with van der Waals surface area (Å²) in [6.45, 7) is 4.65. The van der Waals surface area contributed by atoms with Crippen LogP contribution in [0.2, 0.25) is 0 Å². The van der Waals surface area contributed by atoms with Crippen molar-refractivity contribution < 1.29 is 4.79 Å². The molecule has 0 unspecified atom stereocenters. The maximum atomic E-state index is 12.3. The molecule has 0 saturated carbocycles. The first-order valence-electron chi connectivity index (χ1n) is 6.34. The van der Waals surface area contributed by atoms with E-state index in [0.717, 1.165) is 21.1 Å². The summed E-state index contributed by atoms with van der Waals surface area (Å²) in [5, 5.41) is 5.85. The number of benzene rings is 1. The van der Waals surface area contributed by atoms with Gasteiger partial charge in [-0.25, -0.2) is 4.98 Å². The molecule has 2 aromatic rings. The van der Waals surface area contributed by atoms with Crippen LogP contribution in [0.4, 0.5) is 11.5 Å². The Labute approximate surface area is 139 Å². The zero-order valence-corrected chi connectivity index (χ0v) is 14.7. The molecule has 2 rings (SSSR count). The van der Waals surface area contributed by atoms with Gasteiger partial charge < -0.3 is 10.6 Å². The van der Waals surface area contributed by atoms with E-state index in [1.54, 1.807) is 6.20 Å². The van der Waals surface area contributed by atoms with Crippen LogP contribution in [0.1, 0.15) is 23.0 Å². The Morgan fingerprint density at radius 3 is 2.52 bits per heavy atom. The minimum Gasteiger partial charge on any atom is -0.369 e. The highest BCUT2D eigenvalue weighted by molar-refractivity contribution is 9.11. The second-order valence-corrected chi connectivity index (χ2v) is 6.09. The van der Waals surface area contributed by atoms with Crippen molar-refractivity contribution >= 4 is 49.3 Å². The zero-order valence-electron chi connectivity index (χ0n) is 11.6. The van der Waals surface area contributed by atoms with Crippen LogP contribution < -0.4 is 10.6 Å². The molecule has 1 amide bonds. The monoisotopic (exact) mass is 412 g/mol. The largest absolute Gasteiger partial charge is 0.369 e. The first-order valence-corrected chi connectivity index (χ1v) is 7.92. The van der Waals surface area contributed by atoms with Crippen LogP contribution in [0, 0.1) is 6.92 Å². The van der Waals surface area contributed by atoms with Crippen molar-refractivity contribution in [3.05, 3.63) is 44.7 Å². The van der Waals surface area contributed by atoms with E-state index in [0.29, 0.717) is 11.5 Å². The van der Waals surface area contributed by atoms with Crippen molar-refractivity contribution in [2.24, 2.45) is 0 Å². The third kappa shape index (κ3) is 4.01. The standard InChI is InChI=1S/C14H14Br2N4O/c1-3-18-12-7-17-6-11(19-12)14(21)20-13-9(15)4-8(2)5-10(13)16/h4-7H,3H2,1-2H3,(H,18,19)(H,20,21). The summed E-state index contributed by atoms with van der Waals surface area (Å²) in [5.74, 6) is 0.264. The number of nitrogens with zero attached hydrogens (tertiary/aromatic N) is 2. The third-order valence-corrected chi connectivity index (χ3v) is 3.90. The predicted octanol–water partition coefficient (Wildman–Crippen LogP) is 3.99. The molecule has 1 heterocycles. The Hall–Kier alpha value is -1.47. The van der Waals surface area contributed by atoms with Crippen LogP contribution in [-0.4, -0.2) is 22.4 Å². The summed E-state index contributed by atoms with van der Waals surface area (Å²) in [6, 6.07) is 3.86. The van der Waals surface area contributed by atoms with Crippen molar-refractivity contribution in [2.45, 2.75) is 13.8 Å². The quantitative estimate of drug-likeness (QED) is 0.794. The van der Waals surface area contributed by atoms with Gasteiger partial charge in [0, 0.05) is 15.5 Å². The van der Waals surface area contributed by atoms with Gasteiger partial charge in [-0.2, -0.15) is 0 Å². The molecule has 0 bridgehead atoms. The number of hydrogen-bond acceptors (Lipinski definition) is 4. The summed E-state index contributed by atoms with van der Waals surface area (Å²) in [4.78, 5) is 20.5. The van der Waals surface area contributed by atoms with Crippen LogP contribution in [0.15, 0.2) is 33.5 Å². The molecule has 0 aliphatic heterocycles.